The molecule has 0 saturated carbocycles. The van der Waals surface area contributed by atoms with Crippen LogP contribution in [-0.2, 0) is 11.3 Å². The predicted molar refractivity (Wildman–Crippen MR) is 94.9 cm³/mol. The van der Waals surface area contributed by atoms with Gasteiger partial charge >= 0.3 is 6.09 Å². The number of nitroso groups, excluding NO2 is 1. The minimum atomic E-state index is -0.587. The maximum absolute atomic E-state index is 14.5. The largest absolute Gasteiger partial charge is 0.442 e. The van der Waals surface area contributed by atoms with E-state index in [9.17, 15) is 14.1 Å². The van der Waals surface area contributed by atoms with E-state index in [4.69, 9.17) is 16.3 Å². The molecule has 0 spiro atoms. The van der Waals surface area contributed by atoms with Crippen LogP contribution in [0.3, 0.4) is 0 Å². The van der Waals surface area contributed by atoms with Crippen LogP contribution < -0.4 is 16.5 Å². The van der Waals surface area contributed by atoms with Crippen LogP contribution in [0.1, 0.15) is 5.56 Å². The van der Waals surface area contributed by atoms with Crippen molar-refractivity contribution in [3.8, 4) is 5.69 Å². The number of rotatable bonds is 7. The zero-order valence-corrected chi connectivity index (χ0v) is 14.2. The third-order valence-electron chi connectivity index (χ3n) is 3.94. The van der Waals surface area contributed by atoms with E-state index in [1.807, 2.05) is 0 Å². The molecule has 0 radical (unpaired) electrons. The number of benzene rings is 1. The summed E-state index contributed by atoms with van der Waals surface area (Å²) in [5, 5.41) is 8.08. The lowest BCUT2D eigenvalue weighted by molar-refractivity contribution is 0.122. The van der Waals surface area contributed by atoms with Crippen LogP contribution >= 0.6 is 0 Å². The summed E-state index contributed by atoms with van der Waals surface area (Å²) in [5.41, 5.74) is 6.36. The molecule has 3 rings (SSSR count). The number of carbonyl (C=O) groups excluding carboxylic acids is 1. The Kier molecular flexibility index (Phi) is 5.31. The normalized spacial score (nSPS) is 16.7. The van der Waals surface area contributed by atoms with Gasteiger partial charge in [-0.2, -0.15) is 10.0 Å². The van der Waals surface area contributed by atoms with E-state index in [-0.39, 0.29) is 25.3 Å². The second-order valence-corrected chi connectivity index (χ2v) is 5.87. The van der Waals surface area contributed by atoms with Crippen LogP contribution in [0.4, 0.5) is 14.9 Å². The molecule has 2 heterocycles. The molecule has 11 heteroatoms. The first-order valence-corrected chi connectivity index (χ1v) is 8.02. The summed E-state index contributed by atoms with van der Waals surface area (Å²) in [6.07, 6.45) is 4.60. The standard InChI is InChI=1S/C16H18FN7O3/c17-14-5-12(1-2-15(14)24-8-11(6-20-24)7-21-26)23-10-13(27-16(23)25)9-22(19)4-3-18/h1-6,8,13H,7,9-10,18-19H2/b4-3-. The van der Waals surface area contributed by atoms with Gasteiger partial charge in [-0.05, 0) is 18.2 Å². The molecule has 27 heavy (non-hydrogen) atoms. The van der Waals surface area contributed by atoms with Crippen molar-refractivity contribution in [1.29, 1.82) is 0 Å². The van der Waals surface area contributed by atoms with Crippen molar-refractivity contribution in [3.05, 3.63) is 59.3 Å². The summed E-state index contributed by atoms with van der Waals surface area (Å²) in [7, 11) is 0. The molecule has 1 saturated heterocycles. The SMILES string of the molecule is N/C=C\N(N)CC1CN(c2ccc(-n3cc(CN=O)cn3)c(F)c2)C(=O)O1. The molecule has 1 aromatic heterocycles. The molecule has 2 aromatic rings. The third kappa shape index (κ3) is 4.03. The predicted octanol–water partition coefficient (Wildman–Crippen LogP) is 1.21. The molecule has 1 aliphatic heterocycles. The van der Waals surface area contributed by atoms with E-state index in [0.29, 0.717) is 11.3 Å². The molecular weight excluding hydrogens is 357 g/mol. The summed E-state index contributed by atoms with van der Waals surface area (Å²) < 4.78 is 21.1. The summed E-state index contributed by atoms with van der Waals surface area (Å²) in [5.74, 6) is 5.11. The number of ether oxygens (including phenoxy) is 1. The molecule has 0 bridgehead atoms. The number of nitrogens with two attached hydrogens (primary N) is 2. The van der Waals surface area contributed by atoms with Gasteiger partial charge in [0.2, 0.25) is 0 Å². The lowest BCUT2D eigenvalue weighted by Crippen LogP contribution is -2.36. The van der Waals surface area contributed by atoms with Crippen molar-refractivity contribution in [2.45, 2.75) is 12.6 Å². The van der Waals surface area contributed by atoms with Gasteiger partial charge in [0.25, 0.3) is 0 Å². The Labute approximate surface area is 153 Å². The summed E-state index contributed by atoms with van der Waals surface area (Å²) in [6, 6.07) is 4.29. The number of halogens is 1. The lowest BCUT2D eigenvalue weighted by Gasteiger charge is -2.17. The van der Waals surface area contributed by atoms with Gasteiger partial charge < -0.3 is 15.5 Å². The molecule has 0 aliphatic carbocycles. The number of aromatic nitrogens is 2. The molecule has 1 aliphatic rings. The monoisotopic (exact) mass is 375 g/mol. The van der Waals surface area contributed by atoms with Gasteiger partial charge in [0, 0.05) is 24.2 Å². The maximum Gasteiger partial charge on any atom is 0.414 e. The van der Waals surface area contributed by atoms with Gasteiger partial charge in [-0.15, -0.1) is 0 Å². The summed E-state index contributed by atoms with van der Waals surface area (Å²) in [6.45, 7) is 0.427. The average Bonchev–Trinajstić information content (AvgIpc) is 3.22. The number of nitrogens with zero attached hydrogens (tertiary/aromatic N) is 5. The number of hydrogen-bond donors (Lipinski definition) is 2. The molecule has 1 unspecified atom stereocenters. The van der Waals surface area contributed by atoms with Crippen molar-refractivity contribution in [1.82, 2.24) is 14.8 Å². The number of carbonyl (C=O) groups is 1. The summed E-state index contributed by atoms with van der Waals surface area (Å²) in [4.78, 5) is 23.7. The van der Waals surface area contributed by atoms with E-state index in [1.165, 1.54) is 51.5 Å². The first-order chi connectivity index (χ1) is 13.0. The second-order valence-electron chi connectivity index (χ2n) is 5.87. The first-order valence-electron chi connectivity index (χ1n) is 8.02. The van der Waals surface area contributed by atoms with Gasteiger partial charge in [-0.1, -0.05) is 5.18 Å². The highest BCUT2D eigenvalue weighted by molar-refractivity contribution is 5.89. The fourth-order valence-electron chi connectivity index (χ4n) is 2.73. The fourth-order valence-corrected chi connectivity index (χ4v) is 2.73. The zero-order chi connectivity index (χ0) is 19.4. The van der Waals surface area contributed by atoms with Crippen LogP contribution in [0.15, 0.2) is 48.2 Å². The van der Waals surface area contributed by atoms with Crippen LogP contribution in [0.5, 0.6) is 0 Å². The topological polar surface area (TPSA) is 132 Å². The Hall–Kier alpha value is -3.47. The van der Waals surface area contributed by atoms with E-state index in [0.717, 1.165) is 0 Å². The molecule has 1 atom stereocenters. The molecule has 1 fully saturated rings. The minimum Gasteiger partial charge on any atom is -0.442 e. The van der Waals surface area contributed by atoms with E-state index >= 15 is 0 Å². The van der Waals surface area contributed by atoms with E-state index < -0.39 is 18.0 Å². The fraction of sp³-hybridized carbons (Fsp3) is 0.250. The Morgan fingerprint density at radius 1 is 1.48 bits per heavy atom. The Bertz CT molecular complexity index is 869. The van der Waals surface area contributed by atoms with E-state index in [1.54, 1.807) is 6.07 Å². The highest BCUT2D eigenvalue weighted by Crippen LogP contribution is 2.25. The number of cyclic esters (lactones) is 1. The average molecular weight is 375 g/mol. The maximum atomic E-state index is 14.5. The van der Waals surface area contributed by atoms with Crippen molar-refractivity contribution < 1.29 is 13.9 Å². The minimum absolute atomic E-state index is 0.0434. The van der Waals surface area contributed by atoms with Crippen LogP contribution in [0, 0.1) is 10.7 Å². The smallest absolute Gasteiger partial charge is 0.414 e. The molecular formula is C16H18FN7O3. The molecule has 4 N–H and O–H groups in total. The Balaban J connectivity index is 1.75. The van der Waals surface area contributed by atoms with Gasteiger partial charge in [0.15, 0.2) is 5.82 Å². The lowest BCUT2D eigenvalue weighted by atomic mass is 10.2. The number of hydrazine groups is 1. The highest BCUT2D eigenvalue weighted by Gasteiger charge is 2.33. The quantitative estimate of drug-likeness (QED) is 0.422. The summed E-state index contributed by atoms with van der Waals surface area (Å²) >= 11 is 0. The first kappa shape index (κ1) is 18.3. The zero-order valence-electron chi connectivity index (χ0n) is 14.2. The van der Waals surface area contributed by atoms with Gasteiger partial charge in [-0.25, -0.2) is 19.7 Å². The Morgan fingerprint density at radius 2 is 2.30 bits per heavy atom. The highest BCUT2D eigenvalue weighted by atomic mass is 19.1. The molecule has 142 valence electrons. The molecule has 1 amide bonds. The third-order valence-corrected chi connectivity index (χ3v) is 3.94. The van der Waals surface area contributed by atoms with Crippen molar-refractivity contribution in [3.63, 3.8) is 0 Å². The number of amides is 1. The van der Waals surface area contributed by atoms with Crippen molar-refractivity contribution in [2.24, 2.45) is 16.8 Å². The van der Waals surface area contributed by atoms with Gasteiger partial charge in [0.05, 0.1) is 25.0 Å². The molecule has 10 nitrogen and oxygen atoms in total. The molecule has 1 aromatic carbocycles. The second kappa shape index (κ2) is 7.83. The van der Waals surface area contributed by atoms with Crippen LogP contribution in [0.2, 0.25) is 0 Å². The number of anilines is 1. The Morgan fingerprint density at radius 3 is 3.00 bits per heavy atom. The van der Waals surface area contributed by atoms with Crippen molar-refractivity contribution >= 4 is 11.8 Å². The van der Waals surface area contributed by atoms with Crippen molar-refractivity contribution in [2.75, 3.05) is 18.0 Å². The van der Waals surface area contributed by atoms with E-state index in [2.05, 4.69) is 10.3 Å². The number of hydrogen-bond acceptors (Lipinski definition) is 8. The van der Waals surface area contributed by atoms with Crippen LogP contribution in [-0.4, -0.2) is 40.1 Å². The van der Waals surface area contributed by atoms with Gasteiger partial charge in [0.1, 0.15) is 18.3 Å². The van der Waals surface area contributed by atoms with Crippen LogP contribution in [0.25, 0.3) is 5.69 Å². The van der Waals surface area contributed by atoms with Gasteiger partial charge in [-0.3, -0.25) is 4.90 Å².